The number of nitrogen functional groups attached to an aromatic ring is 1. The van der Waals surface area contributed by atoms with Crippen molar-refractivity contribution >= 4 is 52.8 Å². The van der Waals surface area contributed by atoms with Crippen LogP contribution in [0.5, 0.6) is 17.2 Å². The van der Waals surface area contributed by atoms with Gasteiger partial charge in [-0.2, -0.15) is 0 Å². The average Bonchev–Trinajstić information content (AvgIpc) is 2.81. The molecule has 0 aliphatic heterocycles. The number of hydrogen-bond donors (Lipinski definition) is 2. The Kier molecular flexibility index (Phi) is 8.10. The number of halogens is 1. The molecule has 1 heterocycles. The van der Waals surface area contributed by atoms with Crippen LogP contribution in [0.4, 0.5) is 22.0 Å². The molecule has 0 atom stereocenters. The van der Waals surface area contributed by atoms with Crippen LogP contribution in [0, 0.1) is 0 Å². The van der Waals surface area contributed by atoms with Gasteiger partial charge in [0.1, 0.15) is 5.82 Å². The summed E-state index contributed by atoms with van der Waals surface area (Å²) in [5.74, 6) is -4.81. The highest BCUT2D eigenvalue weighted by Gasteiger charge is 2.30. The van der Waals surface area contributed by atoms with Crippen LogP contribution in [0.2, 0.25) is 5.02 Å². The van der Waals surface area contributed by atoms with Crippen molar-refractivity contribution in [2.24, 2.45) is 7.05 Å². The quantitative estimate of drug-likeness (QED) is 0.332. The normalized spacial score (nSPS) is 10.5. The zero-order chi connectivity index (χ0) is 29.2. The molecule has 0 spiro atoms. The van der Waals surface area contributed by atoms with Crippen molar-refractivity contribution in [3.05, 3.63) is 62.3 Å². The molecule has 2 aromatic carbocycles. The molecule has 3 N–H and O–H groups in total. The Morgan fingerprint density at radius 2 is 1.46 bits per heavy atom. The van der Waals surface area contributed by atoms with E-state index in [1.165, 1.54) is 24.3 Å². The molecule has 39 heavy (non-hydrogen) atoms. The van der Waals surface area contributed by atoms with Crippen molar-refractivity contribution in [2.75, 3.05) is 10.6 Å². The van der Waals surface area contributed by atoms with E-state index in [-0.39, 0.29) is 10.7 Å². The topological polar surface area (TPSA) is 189 Å². The number of nitrogens with zero attached hydrogens (tertiary/aromatic N) is 3. The summed E-state index contributed by atoms with van der Waals surface area (Å²) in [5.41, 5.74) is 3.20. The molecule has 14 nitrogen and oxygen atoms in total. The van der Waals surface area contributed by atoms with Gasteiger partial charge >= 0.3 is 29.7 Å². The van der Waals surface area contributed by atoms with Crippen molar-refractivity contribution < 1.29 is 38.5 Å². The van der Waals surface area contributed by atoms with Gasteiger partial charge in [-0.25, -0.2) is 19.1 Å². The van der Waals surface area contributed by atoms with Crippen LogP contribution in [0.15, 0.2) is 46.0 Å². The molecule has 0 fully saturated rings. The number of anilines is 3. The molecule has 0 bridgehead atoms. The summed E-state index contributed by atoms with van der Waals surface area (Å²) in [5, 5.41) is 10.4. The van der Waals surface area contributed by atoms with Gasteiger partial charge in [-0.1, -0.05) is 17.7 Å². The van der Waals surface area contributed by atoms with Crippen molar-refractivity contribution in [3.8, 4) is 22.9 Å². The lowest BCUT2D eigenvalue weighted by atomic mass is 10.2. The highest BCUT2D eigenvalue weighted by molar-refractivity contribution is 6.30. The van der Waals surface area contributed by atoms with Crippen LogP contribution >= 0.6 is 11.6 Å². The monoisotopic (exact) mass is 560 g/mol. The lowest BCUT2D eigenvalue weighted by Crippen LogP contribution is -2.43. The third-order valence-electron chi connectivity index (χ3n) is 4.97. The summed E-state index contributed by atoms with van der Waals surface area (Å²) in [6, 6.07) is 7.73. The van der Waals surface area contributed by atoms with E-state index in [0.29, 0.717) is 9.47 Å². The predicted octanol–water partition coefficient (Wildman–Crippen LogP) is 2.36. The number of benzene rings is 2. The van der Waals surface area contributed by atoms with Crippen molar-refractivity contribution in [2.45, 2.75) is 20.8 Å². The lowest BCUT2D eigenvalue weighted by Gasteiger charge is -2.24. The first-order valence-electron chi connectivity index (χ1n) is 10.9. The van der Waals surface area contributed by atoms with Crippen LogP contribution in [-0.4, -0.2) is 38.2 Å². The number of carbonyl (C=O) groups is 4. The minimum absolute atomic E-state index is 0.124. The molecule has 1 amide bonds. The van der Waals surface area contributed by atoms with E-state index in [9.17, 15) is 33.9 Å². The summed E-state index contributed by atoms with van der Waals surface area (Å²) in [6.45, 7) is 3.05. The number of amides is 1. The Bertz CT molecular complexity index is 1610. The minimum atomic E-state index is -1.77. The smallest absolute Gasteiger partial charge is 0.416 e. The van der Waals surface area contributed by atoms with Crippen molar-refractivity contribution in [3.63, 3.8) is 0 Å². The number of carboxylic acid groups (broad SMARTS) is 1. The second-order valence-electron chi connectivity index (χ2n) is 7.87. The molecule has 1 aromatic heterocycles. The van der Waals surface area contributed by atoms with Crippen LogP contribution in [0.25, 0.3) is 5.69 Å². The van der Waals surface area contributed by atoms with Crippen LogP contribution in [0.1, 0.15) is 20.8 Å². The Balaban J connectivity index is 2.43. The fraction of sp³-hybridized carbons (Fsp3) is 0.167. The maximum Gasteiger partial charge on any atom is 0.416 e. The maximum atomic E-state index is 13.2. The van der Waals surface area contributed by atoms with E-state index in [1.807, 2.05) is 0 Å². The van der Waals surface area contributed by atoms with E-state index >= 15 is 0 Å². The summed E-state index contributed by atoms with van der Waals surface area (Å²) in [6.07, 6.45) is -1.77. The minimum Gasteiger partial charge on any atom is -0.464 e. The SMILES string of the molecule is CC(=O)Oc1cc(N(C(=O)O)c2c(N)n(-c3cccc(Cl)c3)c(=O)n(C)c2=O)cc(OC(C)=O)c1OC(C)=O. The molecule has 0 unspecified atom stereocenters. The van der Waals surface area contributed by atoms with Crippen LogP contribution in [0.3, 0.4) is 0 Å². The zero-order valence-corrected chi connectivity index (χ0v) is 21.6. The first-order chi connectivity index (χ1) is 18.2. The number of nitrogens with two attached hydrogens (primary N) is 1. The van der Waals surface area contributed by atoms with Gasteiger partial charge in [0.05, 0.1) is 11.4 Å². The Morgan fingerprint density at radius 3 is 1.92 bits per heavy atom. The zero-order valence-electron chi connectivity index (χ0n) is 20.9. The summed E-state index contributed by atoms with van der Waals surface area (Å²) >= 11 is 6.04. The van der Waals surface area contributed by atoms with E-state index in [1.54, 1.807) is 0 Å². The third kappa shape index (κ3) is 5.91. The molecule has 0 aliphatic carbocycles. The van der Waals surface area contributed by atoms with Gasteiger partial charge < -0.3 is 25.1 Å². The van der Waals surface area contributed by atoms with Gasteiger partial charge in [-0.05, 0) is 18.2 Å². The molecule has 3 aromatic rings. The molecule has 15 heteroatoms. The standard InChI is InChI=1S/C24H21ClN4O10/c1-11(30)37-17-9-16(10-18(38-12(2)31)20(17)39-13(3)32)28(24(35)36)19-21(26)29(23(34)27(4)22(19)33)15-7-5-6-14(25)8-15/h5-10H,26H2,1-4H3,(H,35,36). The Hall–Kier alpha value is -5.11. The lowest BCUT2D eigenvalue weighted by molar-refractivity contribution is -0.135. The molecule has 0 saturated carbocycles. The molecule has 0 saturated heterocycles. The largest absolute Gasteiger partial charge is 0.464 e. The van der Waals surface area contributed by atoms with E-state index in [2.05, 4.69) is 0 Å². The van der Waals surface area contributed by atoms with Crippen molar-refractivity contribution in [1.29, 1.82) is 0 Å². The van der Waals surface area contributed by atoms with Crippen molar-refractivity contribution in [1.82, 2.24) is 9.13 Å². The first kappa shape index (κ1) is 28.5. The number of rotatable bonds is 6. The van der Waals surface area contributed by atoms with Gasteiger partial charge in [0.25, 0.3) is 5.56 Å². The number of esters is 3. The van der Waals surface area contributed by atoms with Crippen LogP contribution in [-0.2, 0) is 21.4 Å². The highest BCUT2D eigenvalue weighted by Crippen LogP contribution is 2.44. The average molecular weight is 561 g/mol. The molecule has 204 valence electrons. The predicted molar refractivity (Wildman–Crippen MR) is 137 cm³/mol. The fourth-order valence-electron chi connectivity index (χ4n) is 3.52. The molecule has 0 aliphatic rings. The molecular weight excluding hydrogens is 540 g/mol. The Labute approximate surface area is 224 Å². The number of carbonyl (C=O) groups excluding carboxylic acids is 3. The van der Waals surface area contributed by atoms with E-state index < -0.39 is 69.7 Å². The number of hydrogen-bond acceptors (Lipinski definition) is 10. The third-order valence-corrected chi connectivity index (χ3v) is 5.20. The molecular formula is C24H21ClN4O10. The maximum absolute atomic E-state index is 13.2. The van der Waals surface area contributed by atoms with Gasteiger partial charge in [0, 0.05) is 45.0 Å². The van der Waals surface area contributed by atoms with Gasteiger partial charge in [-0.3, -0.25) is 23.7 Å². The summed E-state index contributed by atoms with van der Waals surface area (Å²) in [7, 11) is 1.10. The van der Waals surface area contributed by atoms with Gasteiger partial charge in [0.2, 0.25) is 5.75 Å². The fourth-order valence-corrected chi connectivity index (χ4v) is 3.71. The van der Waals surface area contributed by atoms with Crippen LogP contribution < -0.4 is 36.1 Å². The molecule has 0 radical (unpaired) electrons. The second-order valence-corrected chi connectivity index (χ2v) is 8.30. The number of ether oxygens (including phenoxy) is 3. The summed E-state index contributed by atoms with van der Waals surface area (Å²) < 4.78 is 16.7. The number of aromatic nitrogens is 2. The second kappa shape index (κ2) is 11.1. The summed E-state index contributed by atoms with van der Waals surface area (Å²) in [4.78, 5) is 74.3. The first-order valence-corrected chi connectivity index (χ1v) is 11.2. The van der Waals surface area contributed by atoms with Gasteiger partial charge in [-0.15, -0.1) is 0 Å². The van der Waals surface area contributed by atoms with Gasteiger partial charge in [0.15, 0.2) is 17.2 Å². The highest BCUT2D eigenvalue weighted by atomic mass is 35.5. The van der Waals surface area contributed by atoms with E-state index in [4.69, 9.17) is 31.5 Å². The molecule has 3 rings (SSSR count). The Morgan fingerprint density at radius 1 is 0.923 bits per heavy atom. The van der Waals surface area contributed by atoms with E-state index in [0.717, 1.165) is 44.5 Å².